The lowest BCUT2D eigenvalue weighted by molar-refractivity contribution is -0.125. The fraction of sp³-hybridized carbons (Fsp3) is 0.294. The number of rotatable bonds is 5. The number of carbonyl (C=O) groups is 3. The van der Waals surface area contributed by atoms with E-state index in [0.29, 0.717) is 15.9 Å². The number of halogens is 1. The first kappa shape index (κ1) is 18.7. The van der Waals surface area contributed by atoms with Crippen molar-refractivity contribution < 1.29 is 14.4 Å². The smallest absolute Gasteiger partial charge is 0.289 e. The number of H-pyrrole nitrogens is 1. The maximum atomic E-state index is 12.4. The Labute approximate surface area is 163 Å². The van der Waals surface area contributed by atoms with E-state index in [9.17, 15) is 14.4 Å². The predicted molar refractivity (Wildman–Crippen MR) is 103 cm³/mol. The lowest BCUT2D eigenvalue weighted by Gasteiger charge is -2.13. The van der Waals surface area contributed by atoms with E-state index in [1.54, 1.807) is 24.3 Å². The number of imide groups is 1. The minimum atomic E-state index is -0.325. The van der Waals surface area contributed by atoms with E-state index in [1.165, 1.54) is 4.90 Å². The SMILES string of the molecule is CC(C)c1[nH]nc(C(=O)Nc2ccc(CN3C(=O)CSC3=O)cc2)c1Br. The number of nitrogens with one attached hydrogen (secondary N) is 2. The van der Waals surface area contributed by atoms with Crippen molar-refractivity contribution in [2.75, 3.05) is 11.1 Å². The van der Waals surface area contributed by atoms with Gasteiger partial charge < -0.3 is 5.32 Å². The lowest BCUT2D eigenvalue weighted by Crippen LogP contribution is -2.27. The van der Waals surface area contributed by atoms with Crippen molar-refractivity contribution in [2.24, 2.45) is 0 Å². The van der Waals surface area contributed by atoms with E-state index in [2.05, 4.69) is 31.4 Å². The van der Waals surface area contributed by atoms with E-state index in [-0.39, 0.29) is 35.3 Å². The van der Waals surface area contributed by atoms with Crippen LogP contribution < -0.4 is 5.32 Å². The zero-order valence-corrected chi connectivity index (χ0v) is 16.6. The van der Waals surface area contributed by atoms with Crippen molar-refractivity contribution in [3.8, 4) is 0 Å². The first-order valence-corrected chi connectivity index (χ1v) is 9.76. The van der Waals surface area contributed by atoms with E-state index in [4.69, 9.17) is 0 Å². The number of aromatic amines is 1. The van der Waals surface area contributed by atoms with Gasteiger partial charge in [-0.1, -0.05) is 37.7 Å². The largest absolute Gasteiger partial charge is 0.321 e. The molecule has 26 heavy (non-hydrogen) atoms. The van der Waals surface area contributed by atoms with Crippen LogP contribution in [0.15, 0.2) is 28.7 Å². The number of thioether (sulfide) groups is 1. The summed E-state index contributed by atoms with van der Waals surface area (Å²) in [7, 11) is 0. The molecule has 2 aromatic rings. The Kier molecular flexibility index (Phi) is 5.47. The molecule has 136 valence electrons. The highest BCUT2D eigenvalue weighted by Crippen LogP contribution is 2.26. The maximum absolute atomic E-state index is 12.4. The summed E-state index contributed by atoms with van der Waals surface area (Å²) in [5, 5.41) is 9.50. The van der Waals surface area contributed by atoms with Gasteiger partial charge >= 0.3 is 0 Å². The standard InChI is InChI=1S/C17H17BrN4O3S/c1-9(2)14-13(18)15(21-20-14)16(24)19-11-5-3-10(4-6-11)7-22-12(23)8-26-17(22)25/h3-6,9H,7-8H2,1-2H3,(H,19,24)(H,20,21). The van der Waals surface area contributed by atoms with Crippen molar-refractivity contribution in [3.05, 3.63) is 45.7 Å². The second-order valence-electron chi connectivity index (χ2n) is 6.14. The number of amides is 3. The average Bonchev–Trinajstić information content (AvgIpc) is 3.14. The number of carbonyl (C=O) groups excluding carboxylic acids is 3. The molecule has 1 fully saturated rings. The summed E-state index contributed by atoms with van der Waals surface area (Å²) in [6.45, 7) is 4.25. The number of hydrogen-bond donors (Lipinski definition) is 2. The Morgan fingerprint density at radius 3 is 2.58 bits per heavy atom. The van der Waals surface area contributed by atoms with Crippen LogP contribution in [0.2, 0.25) is 0 Å². The molecular weight excluding hydrogens is 420 g/mol. The third-order valence-corrected chi connectivity index (χ3v) is 5.58. The molecule has 0 unspecified atom stereocenters. The summed E-state index contributed by atoms with van der Waals surface area (Å²) in [5.74, 6) is -0.0909. The molecule has 2 N–H and O–H groups in total. The topological polar surface area (TPSA) is 95.2 Å². The van der Waals surface area contributed by atoms with Gasteiger partial charge in [-0.2, -0.15) is 5.10 Å². The van der Waals surface area contributed by atoms with Crippen LogP contribution in [0, 0.1) is 0 Å². The molecule has 9 heteroatoms. The average molecular weight is 437 g/mol. The third-order valence-electron chi connectivity index (χ3n) is 3.92. The first-order valence-electron chi connectivity index (χ1n) is 7.98. The summed E-state index contributed by atoms with van der Waals surface area (Å²) in [5.41, 5.74) is 2.58. The van der Waals surface area contributed by atoms with Gasteiger partial charge in [0.1, 0.15) is 0 Å². The molecule has 2 heterocycles. The molecule has 0 bridgehead atoms. The lowest BCUT2D eigenvalue weighted by atomic mass is 10.1. The van der Waals surface area contributed by atoms with Gasteiger partial charge in [-0.25, -0.2) is 0 Å². The molecule has 0 spiro atoms. The summed E-state index contributed by atoms with van der Waals surface area (Å²) >= 11 is 4.42. The molecule has 0 radical (unpaired) electrons. The summed E-state index contributed by atoms with van der Waals surface area (Å²) in [6, 6.07) is 7.02. The van der Waals surface area contributed by atoms with E-state index in [1.807, 2.05) is 13.8 Å². The molecule has 0 saturated carbocycles. The van der Waals surface area contributed by atoms with E-state index < -0.39 is 0 Å². The molecule has 1 saturated heterocycles. The maximum Gasteiger partial charge on any atom is 0.289 e. The van der Waals surface area contributed by atoms with Crippen LogP contribution in [-0.2, 0) is 11.3 Å². The van der Waals surface area contributed by atoms with Gasteiger partial charge in [-0.3, -0.25) is 24.4 Å². The van der Waals surface area contributed by atoms with Crippen molar-refractivity contribution in [2.45, 2.75) is 26.3 Å². The Bertz CT molecular complexity index is 847. The number of benzene rings is 1. The first-order chi connectivity index (χ1) is 12.4. The molecule has 1 aromatic carbocycles. The molecule has 1 aliphatic heterocycles. The third kappa shape index (κ3) is 3.83. The Balaban J connectivity index is 1.67. The molecule has 7 nitrogen and oxygen atoms in total. The minimum absolute atomic E-state index is 0.179. The zero-order valence-electron chi connectivity index (χ0n) is 14.2. The van der Waals surface area contributed by atoms with E-state index >= 15 is 0 Å². The Morgan fingerprint density at radius 2 is 2.04 bits per heavy atom. The highest BCUT2D eigenvalue weighted by atomic mass is 79.9. The monoisotopic (exact) mass is 436 g/mol. The van der Waals surface area contributed by atoms with Gasteiger partial charge in [-0.15, -0.1) is 0 Å². The highest BCUT2D eigenvalue weighted by molar-refractivity contribution is 9.10. The van der Waals surface area contributed by atoms with Crippen molar-refractivity contribution in [3.63, 3.8) is 0 Å². The number of hydrogen-bond acceptors (Lipinski definition) is 5. The number of nitrogens with zero attached hydrogens (tertiary/aromatic N) is 2. The van der Waals surface area contributed by atoms with Crippen LogP contribution in [0.1, 0.15) is 41.5 Å². The van der Waals surface area contributed by atoms with Gasteiger partial charge in [0.05, 0.1) is 22.5 Å². The molecule has 3 rings (SSSR count). The van der Waals surface area contributed by atoms with Gasteiger partial charge in [-0.05, 0) is 39.5 Å². The highest BCUT2D eigenvalue weighted by Gasteiger charge is 2.29. The van der Waals surface area contributed by atoms with Crippen molar-refractivity contribution >= 4 is 50.4 Å². The van der Waals surface area contributed by atoms with Crippen LogP contribution in [-0.4, -0.2) is 37.9 Å². The van der Waals surface area contributed by atoms with Crippen LogP contribution in [0.3, 0.4) is 0 Å². The van der Waals surface area contributed by atoms with Crippen molar-refractivity contribution in [1.29, 1.82) is 0 Å². The van der Waals surface area contributed by atoms with E-state index in [0.717, 1.165) is 23.0 Å². The fourth-order valence-corrected chi connectivity index (χ4v) is 4.02. The molecular formula is C17H17BrN4O3S. The molecule has 1 aliphatic rings. The summed E-state index contributed by atoms with van der Waals surface area (Å²) in [4.78, 5) is 36.9. The summed E-state index contributed by atoms with van der Waals surface area (Å²) in [6.07, 6.45) is 0. The normalized spacial score (nSPS) is 14.4. The Hall–Kier alpha value is -2.13. The zero-order chi connectivity index (χ0) is 18.8. The van der Waals surface area contributed by atoms with Gasteiger partial charge in [0, 0.05) is 5.69 Å². The minimum Gasteiger partial charge on any atom is -0.321 e. The molecule has 0 aliphatic carbocycles. The van der Waals surface area contributed by atoms with Crippen LogP contribution >= 0.6 is 27.7 Å². The van der Waals surface area contributed by atoms with Gasteiger partial charge in [0.15, 0.2) is 5.69 Å². The number of anilines is 1. The second kappa shape index (κ2) is 7.63. The molecule has 1 aromatic heterocycles. The van der Waals surface area contributed by atoms with Gasteiger partial charge in [0.25, 0.3) is 11.1 Å². The van der Waals surface area contributed by atoms with Gasteiger partial charge in [0.2, 0.25) is 5.91 Å². The van der Waals surface area contributed by atoms with Crippen molar-refractivity contribution in [1.82, 2.24) is 15.1 Å². The van der Waals surface area contributed by atoms with Crippen LogP contribution in [0.4, 0.5) is 10.5 Å². The number of aromatic nitrogens is 2. The Morgan fingerprint density at radius 1 is 1.35 bits per heavy atom. The van der Waals surface area contributed by atoms with Crippen LogP contribution in [0.5, 0.6) is 0 Å². The summed E-state index contributed by atoms with van der Waals surface area (Å²) < 4.78 is 0.658. The fourth-order valence-electron chi connectivity index (χ4n) is 2.48. The molecule has 3 amide bonds. The molecule has 0 atom stereocenters. The second-order valence-corrected chi connectivity index (χ2v) is 7.86. The predicted octanol–water partition coefficient (Wildman–Crippen LogP) is 3.74. The van der Waals surface area contributed by atoms with Crippen LogP contribution in [0.25, 0.3) is 0 Å². The quantitative estimate of drug-likeness (QED) is 0.743.